The molecule has 0 radical (unpaired) electrons. The standard InChI is InChI=1S/C19H25NS/c1-5-12-20-16(4)17-7-10-18(11-8-17)21-19-9-6-14(2)15(3)13-19/h6-11,13,16,20H,5,12H2,1-4H3. The van der Waals surface area contributed by atoms with Crippen LogP contribution in [0.4, 0.5) is 0 Å². The largest absolute Gasteiger partial charge is 0.310 e. The molecular formula is C19H25NS. The predicted molar refractivity (Wildman–Crippen MR) is 93.2 cm³/mol. The molecule has 2 aromatic rings. The van der Waals surface area contributed by atoms with Gasteiger partial charge in [0.15, 0.2) is 0 Å². The molecule has 2 aromatic carbocycles. The van der Waals surface area contributed by atoms with E-state index in [4.69, 9.17) is 0 Å². The zero-order chi connectivity index (χ0) is 15.2. The van der Waals surface area contributed by atoms with Crippen molar-refractivity contribution in [1.82, 2.24) is 5.32 Å². The van der Waals surface area contributed by atoms with Crippen LogP contribution in [0.2, 0.25) is 0 Å². The molecule has 112 valence electrons. The molecule has 2 rings (SSSR count). The first-order valence-electron chi connectivity index (χ1n) is 7.68. The quantitative estimate of drug-likeness (QED) is 0.754. The van der Waals surface area contributed by atoms with Gasteiger partial charge in [0.2, 0.25) is 0 Å². The Balaban J connectivity index is 2.03. The fourth-order valence-electron chi connectivity index (χ4n) is 2.22. The predicted octanol–water partition coefficient (Wildman–Crippen LogP) is 5.52. The highest BCUT2D eigenvalue weighted by atomic mass is 32.2. The van der Waals surface area contributed by atoms with Crippen molar-refractivity contribution in [2.45, 2.75) is 49.9 Å². The van der Waals surface area contributed by atoms with Crippen LogP contribution in [-0.2, 0) is 0 Å². The van der Waals surface area contributed by atoms with Crippen molar-refractivity contribution in [2.75, 3.05) is 6.54 Å². The van der Waals surface area contributed by atoms with Crippen molar-refractivity contribution in [3.05, 3.63) is 59.2 Å². The van der Waals surface area contributed by atoms with Crippen molar-refractivity contribution < 1.29 is 0 Å². The molecule has 1 unspecified atom stereocenters. The lowest BCUT2D eigenvalue weighted by Crippen LogP contribution is -2.19. The van der Waals surface area contributed by atoms with Crippen molar-refractivity contribution in [3.8, 4) is 0 Å². The number of nitrogens with one attached hydrogen (secondary N) is 1. The summed E-state index contributed by atoms with van der Waals surface area (Å²) in [4.78, 5) is 2.60. The van der Waals surface area contributed by atoms with E-state index in [2.05, 4.69) is 75.5 Å². The van der Waals surface area contributed by atoms with Gasteiger partial charge < -0.3 is 5.32 Å². The van der Waals surface area contributed by atoms with Gasteiger partial charge in [0.1, 0.15) is 0 Å². The number of hydrogen-bond acceptors (Lipinski definition) is 2. The van der Waals surface area contributed by atoms with Gasteiger partial charge in [-0.15, -0.1) is 0 Å². The van der Waals surface area contributed by atoms with Crippen LogP contribution in [0.1, 0.15) is 43.0 Å². The summed E-state index contributed by atoms with van der Waals surface area (Å²) < 4.78 is 0. The average molecular weight is 299 g/mol. The second kappa shape index (κ2) is 7.67. The fraction of sp³-hybridized carbons (Fsp3) is 0.368. The minimum Gasteiger partial charge on any atom is -0.310 e. The molecule has 0 fully saturated rings. The lowest BCUT2D eigenvalue weighted by atomic mass is 10.1. The van der Waals surface area contributed by atoms with E-state index < -0.39 is 0 Å². The first kappa shape index (κ1) is 16.1. The Labute approximate surface area is 133 Å². The molecule has 0 saturated heterocycles. The first-order valence-corrected chi connectivity index (χ1v) is 8.50. The lowest BCUT2D eigenvalue weighted by molar-refractivity contribution is 0.570. The van der Waals surface area contributed by atoms with Gasteiger partial charge in [-0.05, 0) is 74.7 Å². The smallest absolute Gasteiger partial charge is 0.0291 e. The zero-order valence-corrected chi connectivity index (χ0v) is 14.3. The maximum atomic E-state index is 3.52. The van der Waals surface area contributed by atoms with Gasteiger partial charge in [0, 0.05) is 15.8 Å². The van der Waals surface area contributed by atoms with E-state index in [1.54, 1.807) is 0 Å². The molecule has 0 amide bonds. The minimum absolute atomic E-state index is 0.422. The van der Waals surface area contributed by atoms with Crippen LogP contribution < -0.4 is 5.32 Å². The third-order valence-corrected chi connectivity index (χ3v) is 4.79. The SMILES string of the molecule is CCCNC(C)c1ccc(Sc2ccc(C)c(C)c2)cc1. The third kappa shape index (κ3) is 4.62. The van der Waals surface area contributed by atoms with Crippen LogP contribution in [0.25, 0.3) is 0 Å². The Bertz CT molecular complexity index is 575. The second-order valence-corrected chi connectivity index (χ2v) is 6.74. The van der Waals surface area contributed by atoms with E-state index in [1.807, 2.05) is 11.8 Å². The monoisotopic (exact) mass is 299 g/mol. The Kier molecular flexibility index (Phi) is 5.89. The number of aryl methyl sites for hydroxylation is 2. The summed E-state index contributed by atoms with van der Waals surface area (Å²) in [5.41, 5.74) is 4.06. The van der Waals surface area contributed by atoms with Crippen molar-refractivity contribution >= 4 is 11.8 Å². The van der Waals surface area contributed by atoms with Crippen LogP contribution in [-0.4, -0.2) is 6.54 Å². The maximum Gasteiger partial charge on any atom is 0.0291 e. The van der Waals surface area contributed by atoms with Crippen LogP contribution in [0.5, 0.6) is 0 Å². The first-order chi connectivity index (χ1) is 10.1. The molecule has 2 heteroatoms. The van der Waals surface area contributed by atoms with E-state index >= 15 is 0 Å². The van der Waals surface area contributed by atoms with Crippen LogP contribution in [0.15, 0.2) is 52.3 Å². The van der Waals surface area contributed by atoms with Crippen LogP contribution in [0, 0.1) is 13.8 Å². The van der Waals surface area contributed by atoms with Crippen molar-refractivity contribution in [2.24, 2.45) is 0 Å². The summed E-state index contributed by atoms with van der Waals surface area (Å²) in [6.07, 6.45) is 1.17. The van der Waals surface area contributed by atoms with E-state index in [1.165, 1.54) is 32.9 Å². The summed E-state index contributed by atoms with van der Waals surface area (Å²) >= 11 is 1.83. The molecule has 1 N–H and O–H groups in total. The highest BCUT2D eigenvalue weighted by molar-refractivity contribution is 7.99. The van der Waals surface area contributed by atoms with Gasteiger partial charge in [-0.1, -0.05) is 36.9 Å². The Morgan fingerprint density at radius 1 is 0.952 bits per heavy atom. The zero-order valence-electron chi connectivity index (χ0n) is 13.4. The van der Waals surface area contributed by atoms with Gasteiger partial charge in [0.05, 0.1) is 0 Å². The molecule has 0 saturated carbocycles. The number of benzene rings is 2. The van der Waals surface area contributed by atoms with Gasteiger partial charge in [-0.2, -0.15) is 0 Å². The summed E-state index contributed by atoms with van der Waals surface area (Å²) in [6, 6.07) is 16.0. The third-order valence-electron chi connectivity index (χ3n) is 3.79. The Morgan fingerprint density at radius 3 is 2.24 bits per heavy atom. The Morgan fingerprint density at radius 2 is 1.62 bits per heavy atom. The number of rotatable bonds is 6. The molecular weight excluding hydrogens is 274 g/mol. The molecule has 21 heavy (non-hydrogen) atoms. The number of hydrogen-bond donors (Lipinski definition) is 1. The molecule has 1 nitrogen and oxygen atoms in total. The minimum atomic E-state index is 0.422. The lowest BCUT2D eigenvalue weighted by Gasteiger charge is -2.14. The van der Waals surface area contributed by atoms with E-state index in [0.717, 1.165) is 6.54 Å². The summed E-state index contributed by atoms with van der Waals surface area (Å²) in [7, 11) is 0. The van der Waals surface area contributed by atoms with Crippen LogP contribution in [0.3, 0.4) is 0 Å². The summed E-state index contributed by atoms with van der Waals surface area (Å²) in [5.74, 6) is 0. The van der Waals surface area contributed by atoms with Gasteiger partial charge in [-0.3, -0.25) is 0 Å². The fourth-order valence-corrected chi connectivity index (χ4v) is 3.13. The molecule has 1 atom stereocenters. The highest BCUT2D eigenvalue weighted by Gasteiger charge is 2.05. The summed E-state index contributed by atoms with van der Waals surface area (Å²) in [5, 5.41) is 3.52. The maximum absolute atomic E-state index is 3.52. The molecule has 0 aliphatic heterocycles. The highest BCUT2D eigenvalue weighted by Crippen LogP contribution is 2.29. The topological polar surface area (TPSA) is 12.0 Å². The van der Waals surface area contributed by atoms with Crippen molar-refractivity contribution in [3.63, 3.8) is 0 Å². The average Bonchev–Trinajstić information content (AvgIpc) is 2.49. The second-order valence-electron chi connectivity index (χ2n) is 5.59. The van der Waals surface area contributed by atoms with Crippen molar-refractivity contribution in [1.29, 1.82) is 0 Å². The Hall–Kier alpha value is -1.25. The molecule has 0 aliphatic carbocycles. The van der Waals surface area contributed by atoms with Gasteiger partial charge in [-0.25, -0.2) is 0 Å². The van der Waals surface area contributed by atoms with Gasteiger partial charge in [0.25, 0.3) is 0 Å². The molecule has 0 spiro atoms. The summed E-state index contributed by atoms with van der Waals surface area (Å²) in [6.45, 7) is 9.82. The molecule has 0 aliphatic rings. The van der Waals surface area contributed by atoms with Gasteiger partial charge >= 0.3 is 0 Å². The van der Waals surface area contributed by atoms with E-state index in [0.29, 0.717) is 6.04 Å². The van der Waals surface area contributed by atoms with Crippen LogP contribution >= 0.6 is 11.8 Å². The molecule has 0 aromatic heterocycles. The normalized spacial score (nSPS) is 12.4. The van der Waals surface area contributed by atoms with E-state index in [9.17, 15) is 0 Å². The van der Waals surface area contributed by atoms with E-state index in [-0.39, 0.29) is 0 Å². The molecule has 0 bridgehead atoms. The molecule has 0 heterocycles.